The normalized spacial score (nSPS) is 16.5. The molecule has 13 heavy (non-hydrogen) atoms. The van der Waals surface area contributed by atoms with Gasteiger partial charge in [-0.3, -0.25) is 0 Å². The molecule has 0 radical (unpaired) electrons. The zero-order chi connectivity index (χ0) is 9.26. The molecule has 0 aliphatic carbocycles. The van der Waals surface area contributed by atoms with E-state index in [1.165, 1.54) is 0 Å². The molecule has 0 bridgehead atoms. The predicted molar refractivity (Wildman–Crippen MR) is 50.3 cm³/mol. The van der Waals surface area contributed by atoms with E-state index in [2.05, 4.69) is 16.8 Å². The number of hydrogen-bond acceptors (Lipinski definition) is 3. The zero-order valence-corrected chi connectivity index (χ0v) is 7.57. The van der Waals surface area contributed by atoms with Crippen LogP contribution in [0.2, 0.25) is 0 Å². The molecule has 1 aromatic heterocycles. The van der Waals surface area contributed by atoms with Gasteiger partial charge in [-0.1, -0.05) is 13.0 Å². The molecule has 2 heterocycles. The zero-order valence-electron chi connectivity index (χ0n) is 7.57. The van der Waals surface area contributed by atoms with Gasteiger partial charge in [-0.25, -0.2) is 4.98 Å². The van der Waals surface area contributed by atoms with E-state index in [1.54, 1.807) is 6.07 Å². The van der Waals surface area contributed by atoms with Crippen LogP contribution in [0.3, 0.4) is 0 Å². The van der Waals surface area contributed by atoms with E-state index in [0.29, 0.717) is 5.69 Å². The maximum Gasteiger partial charge on any atom is 0.142 e. The predicted octanol–water partition coefficient (Wildman–Crippen LogP) is 1.41. The second-order valence-corrected chi connectivity index (χ2v) is 3.50. The van der Waals surface area contributed by atoms with Crippen molar-refractivity contribution in [2.75, 3.05) is 18.0 Å². The average Bonchev–Trinajstić information content (AvgIpc) is 2.13. The molecular weight excluding hydrogens is 162 g/mol. The lowest BCUT2D eigenvalue weighted by molar-refractivity contribution is 0.443. The first-order chi connectivity index (χ1) is 6.29. The van der Waals surface area contributed by atoms with Gasteiger partial charge in [-0.05, 0) is 18.1 Å². The minimum absolute atomic E-state index is 0.497. The Hall–Kier alpha value is -1.56. The van der Waals surface area contributed by atoms with Gasteiger partial charge < -0.3 is 4.90 Å². The van der Waals surface area contributed by atoms with Crippen LogP contribution in [0, 0.1) is 17.2 Å². The van der Waals surface area contributed by atoms with Crippen molar-refractivity contribution < 1.29 is 0 Å². The number of nitrogens with zero attached hydrogens (tertiary/aromatic N) is 3. The largest absolute Gasteiger partial charge is 0.356 e. The van der Waals surface area contributed by atoms with Crippen LogP contribution in [0.5, 0.6) is 0 Å². The molecule has 0 saturated carbocycles. The van der Waals surface area contributed by atoms with E-state index < -0.39 is 0 Å². The summed E-state index contributed by atoms with van der Waals surface area (Å²) < 4.78 is 0. The molecule has 1 aromatic rings. The SMILES string of the molecule is CC1CN(c2cccc(C#N)n2)C1. The van der Waals surface area contributed by atoms with Crippen molar-refractivity contribution in [2.45, 2.75) is 6.92 Å². The van der Waals surface area contributed by atoms with E-state index >= 15 is 0 Å². The quantitative estimate of drug-likeness (QED) is 0.644. The molecule has 1 aliphatic heterocycles. The molecule has 0 N–H and O–H groups in total. The summed E-state index contributed by atoms with van der Waals surface area (Å²) in [6.45, 7) is 4.33. The fourth-order valence-corrected chi connectivity index (χ4v) is 1.55. The Kier molecular flexibility index (Phi) is 1.90. The molecular formula is C10H11N3. The molecule has 1 aliphatic rings. The number of pyridine rings is 1. The standard InChI is InChI=1S/C10H11N3/c1-8-6-13(7-8)10-4-2-3-9(5-11)12-10/h2-4,8H,6-7H2,1H3. The van der Waals surface area contributed by atoms with Gasteiger partial charge in [-0.15, -0.1) is 0 Å². The summed E-state index contributed by atoms with van der Waals surface area (Å²) in [6, 6.07) is 7.60. The van der Waals surface area contributed by atoms with Gasteiger partial charge in [0.05, 0.1) is 0 Å². The number of nitriles is 1. The molecule has 66 valence electrons. The first-order valence-corrected chi connectivity index (χ1v) is 4.41. The smallest absolute Gasteiger partial charge is 0.142 e. The van der Waals surface area contributed by atoms with Crippen LogP contribution in [0.4, 0.5) is 5.82 Å². The van der Waals surface area contributed by atoms with Crippen LogP contribution in [0.25, 0.3) is 0 Å². The van der Waals surface area contributed by atoms with Gasteiger partial charge in [0.25, 0.3) is 0 Å². The maximum atomic E-state index is 8.66. The Labute approximate surface area is 77.6 Å². The van der Waals surface area contributed by atoms with Crippen molar-refractivity contribution in [3.63, 3.8) is 0 Å². The van der Waals surface area contributed by atoms with Crippen molar-refractivity contribution >= 4 is 5.82 Å². The van der Waals surface area contributed by atoms with Crippen LogP contribution < -0.4 is 4.90 Å². The van der Waals surface area contributed by atoms with E-state index in [-0.39, 0.29) is 0 Å². The number of aromatic nitrogens is 1. The molecule has 0 amide bonds. The second kappa shape index (κ2) is 3.06. The van der Waals surface area contributed by atoms with Crippen LogP contribution >= 0.6 is 0 Å². The highest BCUT2D eigenvalue weighted by atomic mass is 15.2. The van der Waals surface area contributed by atoms with Crippen LogP contribution in [0.15, 0.2) is 18.2 Å². The van der Waals surface area contributed by atoms with E-state index in [4.69, 9.17) is 5.26 Å². The summed E-state index contributed by atoms with van der Waals surface area (Å²) in [5.41, 5.74) is 0.497. The first kappa shape index (κ1) is 8.06. The molecule has 3 heteroatoms. The first-order valence-electron chi connectivity index (χ1n) is 4.41. The minimum Gasteiger partial charge on any atom is -0.356 e. The van der Waals surface area contributed by atoms with Crippen molar-refractivity contribution in [3.05, 3.63) is 23.9 Å². The van der Waals surface area contributed by atoms with Crippen LogP contribution in [-0.2, 0) is 0 Å². The van der Waals surface area contributed by atoms with Gasteiger partial charge in [-0.2, -0.15) is 5.26 Å². The summed E-state index contributed by atoms with van der Waals surface area (Å²) in [5.74, 6) is 1.68. The summed E-state index contributed by atoms with van der Waals surface area (Å²) in [6.07, 6.45) is 0. The Morgan fingerprint density at radius 2 is 2.31 bits per heavy atom. The lowest BCUT2D eigenvalue weighted by Crippen LogP contribution is -2.45. The lowest BCUT2D eigenvalue weighted by atomic mass is 10.0. The number of anilines is 1. The third-order valence-corrected chi connectivity index (χ3v) is 2.24. The average molecular weight is 173 g/mol. The van der Waals surface area contributed by atoms with E-state index in [9.17, 15) is 0 Å². The van der Waals surface area contributed by atoms with Gasteiger partial charge in [0.2, 0.25) is 0 Å². The highest BCUT2D eigenvalue weighted by molar-refractivity contribution is 5.43. The second-order valence-electron chi connectivity index (χ2n) is 3.50. The van der Waals surface area contributed by atoms with Gasteiger partial charge in [0, 0.05) is 13.1 Å². The topological polar surface area (TPSA) is 39.9 Å². The minimum atomic E-state index is 0.497. The van der Waals surface area contributed by atoms with Gasteiger partial charge >= 0.3 is 0 Å². The summed E-state index contributed by atoms with van der Waals surface area (Å²) in [5, 5.41) is 8.66. The fraction of sp³-hybridized carbons (Fsp3) is 0.400. The molecule has 0 atom stereocenters. The fourth-order valence-electron chi connectivity index (χ4n) is 1.55. The Morgan fingerprint density at radius 3 is 2.92 bits per heavy atom. The van der Waals surface area contributed by atoms with E-state index in [1.807, 2.05) is 18.2 Å². The van der Waals surface area contributed by atoms with Gasteiger partial charge in [0.15, 0.2) is 0 Å². The molecule has 2 rings (SSSR count). The Morgan fingerprint density at radius 1 is 1.54 bits per heavy atom. The van der Waals surface area contributed by atoms with Crippen molar-refractivity contribution in [3.8, 4) is 6.07 Å². The number of hydrogen-bond donors (Lipinski definition) is 0. The molecule has 0 aromatic carbocycles. The molecule has 1 fully saturated rings. The molecule has 0 unspecified atom stereocenters. The van der Waals surface area contributed by atoms with Crippen molar-refractivity contribution in [2.24, 2.45) is 5.92 Å². The van der Waals surface area contributed by atoms with Gasteiger partial charge in [0.1, 0.15) is 17.6 Å². The summed E-state index contributed by atoms with van der Waals surface area (Å²) >= 11 is 0. The van der Waals surface area contributed by atoms with Crippen molar-refractivity contribution in [1.29, 1.82) is 5.26 Å². The Balaban J connectivity index is 2.18. The summed E-state index contributed by atoms with van der Waals surface area (Å²) in [4.78, 5) is 6.40. The molecule has 1 saturated heterocycles. The Bertz CT molecular complexity index is 347. The third kappa shape index (κ3) is 1.48. The number of rotatable bonds is 1. The lowest BCUT2D eigenvalue weighted by Gasteiger charge is -2.38. The third-order valence-electron chi connectivity index (χ3n) is 2.24. The molecule has 0 spiro atoms. The summed E-state index contributed by atoms with van der Waals surface area (Å²) in [7, 11) is 0. The highest BCUT2D eigenvalue weighted by Gasteiger charge is 2.23. The van der Waals surface area contributed by atoms with E-state index in [0.717, 1.165) is 24.8 Å². The maximum absolute atomic E-state index is 8.66. The monoisotopic (exact) mass is 173 g/mol. The van der Waals surface area contributed by atoms with Crippen LogP contribution in [0.1, 0.15) is 12.6 Å². The van der Waals surface area contributed by atoms with Crippen molar-refractivity contribution in [1.82, 2.24) is 4.98 Å². The van der Waals surface area contributed by atoms with Crippen LogP contribution in [-0.4, -0.2) is 18.1 Å². The highest BCUT2D eigenvalue weighted by Crippen LogP contribution is 2.21. The molecule has 3 nitrogen and oxygen atoms in total.